The lowest BCUT2D eigenvalue weighted by atomic mass is 9.93. The quantitative estimate of drug-likeness (QED) is 0.817. The molecule has 132 valence electrons. The van der Waals surface area contributed by atoms with Crippen LogP contribution >= 0.6 is 0 Å². The van der Waals surface area contributed by atoms with Crippen molar-refractivity contribution in [3.05, 3.63) is 62.7 Å². The van der Waals surface area contributed by atoms with Crippen molar-refractivity contribution in [2.75, 3.05) is 13.1 Å². The van der Waals surface area contributed by atoms with E-state index in [1.54, 1.807) is 11.1 Å². The third-order valence-corrected chi connectivity index (χ3v) is 4.78. The molecule has 0 spiro atoms. The van der Waals surface area contributed by atoms with E-state index in [9.17, 15) is 14.4 Å². The van der Waals surface area contributed by atoms with Gasteiger partial charge in [-0.1, -0.05) is 6.07 Å². The smallest absolute Gasteiger partial charge is 0.331 e. The molecule has 1 saturated heterocycles. The minimum atomic E-state index is -0.488. The van der Waals surface area contributed by atoms with Crippen molar-refractivity contribution < 1.29 is 4.79 Å². The molecule has 25 heavy (non-hydrogen) atoms. The molecule has 0 bridgehead atoms. The van der Waals surface area contributed by atoms with Crippen LogP contribution in [0.2, 0.25) is 0 Å². The molecule has 1 aliphatic rings. The van der Waals surface area contributed by atoms with Crippen LogP contribution < -0.4 is 11.2 Å². The van der Waals surface area contributed by atoms with Crippen LogP contribution in [0.5, 0.6) is 0 Å². The highest BCUT2D eigenvalue weighted by Crippen LogP contribution is 2.21. The molecule has 7 nitrogen and oxygen atoms in total. The number of amides is 1. The second-order valence-corrected chi connectivity index (χ2v) is 6.55. The number of rotatable bonds is 3. The molecule has 0 radical (unpaired) electrons. The highest BCUT2D eigenvalue weighted by molar-refractivity contribution is 5.92. The van der Waals surface area contributed by atoms with E-state index in [4.69, 9.17) is 0 Å². The number of pyridine rings is 1. The van der Waals surface area contributed by atoms with Gasteiger partial charge in [0.25, 0.3) is 11.5 Å². The first-order valence-electron chi connectivity index (χ1n) is 8.43. The molecule has 0 aliphatic carbocycles. The van der Waals surface area contributed by atoms with Crippen molar-refractivity contribution >= 4 is 5.91 Å². The summed E-state index contributed by atoms with van der Waals surface area (Å²) >= 11 is 0. The van der Waals surface area contributed by atoms with Crippen molar-refractivity contribution in [2.24, 2.45) is 20.0 Å². The molecule has 1 fully saturated rings. The number of nitrogens with zero attached hydrogens (tertiary/aromatic N) is 4. The van der Waals surface area contributed by atoms with Gasteiger partial charge in [-0.3, -0.25) is 23.7 Å². The number of carbonyl (C=O) groups is 1. The maximum absolute atomic E-state index is 12.8. The fourth-order valence-electron chi connectivity index (χ4n) is 3.33. The van der Waals surface area contributed by atoms with Crippen LogP contribution in [-0.2, 0) is 20.5 Å². The van der Waals surface area contributed by atoms with Crippen molar-refractivity contribution in [2.45, 2.75) is 19.3 Å². The predicted molar refractivity (Wildman–Crippen MR) is 93.5 cm³/mol. The second kappa shape index (κ2) is 7.04. The molecule has 1 atom stereocenters. The minimum Gasteiger partial charge on any atom is -0.337 e. The van der Waals surface area contributed by atoms with Gasteiger partial charge in [0, 0.05) is 45.1 Å². The fourth-order valence-corrected chi connectivity index (χ4v) is 3.33. The van der Waals surface area contributed by atoms with Gasteiger partial charge in [-0.2, -0.15) is 0 Å². The molecule has 0 aromatic carbocycles. The third-order valence-electron chi connectivity index (χ3n) is 4.78. The maximum atomic E-state index is 12.8. The van der Waals surface area contributed by atoms with Crippen LogP contribution in [0.4, 0.5) is 0 Å². The summed E-state index contributed by atoms with van der Waals surface area (Å²) in [7, 11) is 2.92. The van der Waals surface area contributed by atoms with Gasteiger partial charge in [-0.05, 0) is 37.3 Å². The van der Waals surface area contributed by atoms with Crippen LogP contribution in [0, 0.1) is 5.92 Å². The van der Waals surface area contributed by atoms with Gasteiger partial charge >= 0.3 is 5.69 Å². The predicted octanol–water partition coefficient (Wildman–Crippen LogP) is 0.574. The minimum absolute atomic E-state index is 0.145. The summed E-state index contributed by atoms with van der Waals surface area (Å²) in [6.45, 7) is 1.25. The van der Waals surface area contributed by atoms with Crippen LogP contribution in [0.3, 0.4) is 0 Å². The Hall–Kier alpha value is -2.70. The van der Waals surface area contributed by atoms with E-state index in [0.717, 1.165) is 29.5 Å². The standard InChI is InChI=1S/C18H22N4O3/c1-20-15(11-16(23)21(2)18(20)25)17(24)22-9-5-6-13(12-22)10-14-7-3-4-8-19-14/h3-4,7-8,11,13H,5-6,9-10,12H2,1-2H3/t13-/m1/s1. The Morgan fingerprint density at radius 1 is 1.24 bits per heavy atom. The number of carbonyl (C=O) groups excluding carboxylic acids is 1. The highest BCUT2D eigenvalue weighted by Gasteiger charge is 2.26. The summed E-state index contributed by atoms with van der Waals surface area (Å²) < 4.78 is 2.24. The van der Waals surface area contributed by atoms with Crippen LogP contribution in [0.15, 0.2) is 40.1 Å². The first-order valence-corrected chi connectivity index (χ1v) is 8.43. The average molecular weight is 342 g/mol. The number of hydrogen-bond donors (Lipinski definition) is 0. The molecule has 2 aromatic rings. The number of piperidine rings is 1. The van der Waals surface area contributed by atoms with Gasteiger partial charge in [-0.25, -0.2) is 4.79 Å². The summed E-state index contributed by atoms with van der Waals surface area (Å²) in [4.78, 5) is 42.9. The van der Waals surface area contributed by atoms with Gasteiger partial charge in [0.2, 0.25) is 0 Å². The molecule has 2 aromatic heterocycles. The first-order chi connectivity index (χ1) is 12.0. The van der Waals surface area contributed by atoms with Crippen molar-refractivity contribution in [1.29, 1.82) is 0 Å². The van der Waals surface area contributed by atoms with E-state index in [2.05, 4.69) is 4.98 Å². The molecule has 3 heterocycles. The van der Waals surface area contributed by atoms with Crippen molar-refractivity contribution in [3.63, 3.8) is 0 Å². The lowest BCUT2D eigenvalue weighted by Gasteiger charge is -2.33. The topological polar surface area (TPSA) is 77.2 Å². The zero-order valence-electron chi connectivity index (χ0n) is 14.5. The summed E-state index contributed by atoms with van der Waals surface area (Å²) in [5.74, 6) is 0.0687. The van der Waals surface area contributed by atoms with E-state index in [1.165, 1.54) is 24.7 Å². The Morgan fingerprint density at radius 2 is 2.04 bits per heavy atom. The Morgan fingerprint density at radius 3 is 2.76 bits per heavy atom. The largest absolute Gasteiger partial charge is 0.337 e. The van der Waals surface area contributed by atoms with Crippen LogP contribution in [0.1, 0.15) is 29.0 Å². The SMILES string of the molecule is Cn1c(C(=O)N2CCC[C@H](Cc3ccccn3)C2)cc(=O)n(C)c1=O. The van der Waals surface area contributed by atoms with Crippen LogP contribution in [0.25, 0.3) is 0 Å². The molecule has 3 rings (SSSR count). The lowest BCUT2D eigenvalue weighted by molar-refractivity contribution is 0.0660. The lowest BCUT2D eigenvalue weighted by Crippen LogP contribution is -2.45. The second-order valence-electron chi connectivity index (χ2n) is 6.55. The third kappa shape index (κ3) is 3.55. The fraction of sp³-hybridized carbons (Fsp3) is 0.444. The Kier molecular flexibility index (Phi) is 4.83. The zero-order chi connectivity index (χ0) is 18.0. The summed E-state index contributed by atoms with van der Waals surface area (Å²) in [6, 6.07) is 7.08. The Balaban J connectivity index is 1.79. The molecule has 0 unspecified atom stereocenters. The van der Waals surface area contributed by atoms with Crippen molar-refractivity contribution in [1.82, 2.24) is 19.0 Å². The van der Waals surface area contributed by atoms with E-state index in [0.29, 0.717) is 19.0 Å². The number of likely N-dealkylation sites (tertiary alicyclic amines) is 1. The monoisotopic (exact) mass is 342 g/mol. The molecule has 0 N–H and O–H groups in total. The van der Waals surface area contributed by atoms with Gasteiger partial charge in [0.1, 0.15) is 5.69 Å². The molecule has 0 saturated carbocycles. The van der Waals surface area contributed by atoms with Gasteiger partial charge in [-0.15, -0.1) is 0 Å². The average Bonchev–Trinajstić information content (AvgIpc) is 2.63. The molecule has 7 heteroatoms. The maximum Gasteiger partial charge on any atom is 0.331 e. The molecule has 1 aliphatic heterocycles. The van der Waals surface area contributed by atoms with E-state index < -0.39 is 11.2 Å². The summed E-state index contributed by atoms with van der Waals surface area (Å²) in [6.07, 6.45) is 4.54. The summed E-state index contributed by atoms with van der Waals surface area (Å²) in [5, 5.41) is 0. The highest BCUT2D eigenvalue weighted by atomic mass is 16.2. The zero-order valence-corrected chi connectivity index (χ0v) is 14.5. The Labute approximate surface area is 145 Å². The van der Waals surface area contributed by atoms with Gasteiger partial charge < -0.3 is 4.90 Å². The normalized spacial score (nSPS) is 17.5. The number of hydrogen-bond acceptors (Lipinski definition) is 4. The van der Waals surface area contributed by atoms with E-state index >= 15 is 0 Å². The van der Waals surface area contributed by atoms with Gasteiger partial charge in [0.15, 0.2) is 0 Å². The van der Waals surface area contributed by atoms with E-state index in [1.807, 2.05) is 18.2 Å². The molecular weight excluding hydrogens is 320 g/mol. The Bertz CT molecular complexity index is 885. The molecule has 1 amide bonds. The first kappa shape index (κ1) is 17.1. The van der Waals surface area contributed by atoms with Crippen LogP contribution in [-0.4, -0.2) is 38.0 Å². The van der Waals surface area contributed by atoms with Gasteiger partial charge in [0.05, 0.1) is 0 Å². The summed E-state index contributed by atoms with van der Waals surface area (Å²) in [5.41, 5.74) is 0.209. The molecular formula is C18H22N4O3. The number of aromatic nitrogens is 3. The van der Waals surface area contributed by atoms with Crippen molar-refractivity contribution in [3.8, 4) is 0 Å². The van der Waals surface area contributed by atoms with E-state index in [-0.39, 0.29) is 11.6 Å².